The number of allylic oxidation sites excluding steroid dienone is 1. The molecule has 1 fully saturated rings. The fraction of sp³-hybridized carbons (Fsp3) is 0.583. The quantitative estimate of drug-likeness (QED) is 0.719. The molecule has 2 unspecified atom stereocenters. The molecular weight excluding hydrogens is 238 g/mol. The largest absolute Gasteiger partial charge is 0.481 e. The number of carbonyl (C=O) groups is 3. The maximum Gasteiger partial charge on any atom is 0.309 e. The van der Waals surface area contributed by atoms with Crippen molar-refractivity contribution in [3.63, 3.8) is 0 Å². The van der Waals surface area contributed by atoms with E-state index in [4.69, 9.17) is 10.2 Å². The first-order chi connectivity index (χ1) is 8.32. The average molecular weight is 255 g/mol. The lowest BCUT2D eigenvalue weighted by atomic mass is 9.85. The van der Waals surface area contributed by atoms with Crippen LogP contribution in [0.5, 0.6) is 0 Å². The van der Waals surface area contributed by atoms with E-state index in [0.29, 0.717) is 0 Å². The Morgan fingerprint density at radius 2 is 1.67 bits per heavy atom. The van der Waals surface area contributed by atoms with E-state index >= 15 is 0 Å². The van der Waals surface area contributed by atoms with Gasteiger partial charge in [0, 0.05) is 19.2 Å². The van der Waals surface area contributed by atoms with Gasteiger partial charge in [-0.25, -0.2) is 0 Å². The summed E-state index contributed by atoms with van der Waals surface area (Å²) >= 11 is 0. The minimum Gasteiger partial charge on any atom is -0.481 e. The van der Waals surface area contributed by atoms with Crippen molar-refractivity contribution in [1.29, 1.82) is 0 Å². The van der Waals surface area contributed by atoms with Gasteiger partial charge in [0.2, 0.25) is 5.91 Å². The van der Waals surface area contributed by atoms with Gasteiger partial charge in [0.15, 0.2) is 0 Å². The first kappa shape index (κ1) is 14.2. The summed E-state index contributed by atoms with van der Waals surface area (Å²) in [6.07, 6.45) is 1.61. The van der Waals surface area contributed by atoms with Crippen LogP contribution in [0.4, 0.5) is 0 Å². The maximum atomic E-state index is 11.8. The number of hydrogen-bond acceptors (Lipinski definition) is 3. The highest BCUT2D eigenvalue weighted by Crippen LogP contribution is 2.24. The Kier molecular flexibility index (Phi) is 4.47. The molecule has 0 spiro atoms. The van der Waals surface area contributed by atoms with E-state index in [1.165, 1.54) is 11.0 Å². The molecule has 6 heteroatoms. The highest BCUT2D eigenvalue weighted by molar-refractivity contribution is 5.89. The minimum atomic E-state index is -1.17. The van der Waals surface area contributed by atoms with Crippen LogP contribution in [0.25, 0.3) is 0 Å². The van der Waals surface area contributed by atoms with Crippen LogP contribution in [0, 0.1) is 11.8 Å². The normalized spacial score (nSPS) is 23.3. The van der Waals surface area contributed by atoms with Gasteiger partial charge in [-0.2, -0.15) is 0 Å². The number of amides is 1. The van der Waals surface area contributed by atoms with E-state index in [0.717, 1.165) is 5.57 Å². The van der Waals surface area contributed by atoms with Gasteiger partial charge in [-0.3, -0.25) is 14.4 Å². The highest BCUT2D eigenvalue weighted by atomic mass is 16.4. The average Bonchev–Trinajstić information content (AvgIpc) is 2.26. The van der Waals surface area contributed by atoms with Crippen LogP contribution in [0.2, 0.25) is 0 Å². The Morgan fingerprint density at radius 3 is 2.11 bits per heavy atom. The van der Waals surface area contributed by atoms with E-state index < -0.39 is 23.8 Å². The molecule has 2 N–H and O–H groups in total. The number of nitrogens with zero attached hydrogens (tertiary/aromatic N) is 1. The first-order valence-electron chi connectivity index (χ1n) is 5.72. The van der Waals surface area contributed by atoms with Crippen molar-refractivity contribution >= 4 is 17.8 Å². The van der Waals surface area contributed by atoms with Crippen molar-refractivity contribution in [3.8, 4) is 0 Å². The molecule has 18 heavy (non-hydrogen) atoms. The molecular formula is C12H17NO5. The molecule has 1 heterocycles. The van der Waals surface area contributed by atoms with Crippen molar-refractivity contribution in [3.05, 3.63) is 11.6 Å². The second kappa shape index (κ2) is 5.66. The van der Waals surface area contributed by atoms with Gasteiger partial charge in [-0.15, -0.1) is 0 Å². The molecule has 1 amide bonds. The summed E-state index contributed by atoms with van der Waals surface area (Å²) in [6.45, 7) is 3.78. The van der Waals surface area contributed by atoms with Crippen LogP contribution >= 0.6 is 0 Å². The molecule has 1 aliphatic heterocycles. The number of carboxylic acid groups (broad SMARTS) is 2. The number of piperidine rings is 1. The smallest absolute Gasteiger partial charge is 0.309 e. The number of rotatable bonds is 3. The zero-order valence-corrected chi connectivity index (χ0v) is 10.4. The predicted octanol–water partition coefficient (Wildman–Crippen LogP) is 0.587. The van der Waals surface area contributed by atoms with Gasteiger partial charge >= 0.3 is 11.9 Å². The van der Waals surface area contributed by atoms with Gasteiger partial charge in [-0.1, -0.05) is 5.57 Å². The lowest BCUT2D eigenvalue weighted by molar-refractivity contribution is -0.158. The molecule has 1 aliphatic rings. The van der Waals surface area contributed by atoms with Crippen molar-refractivity contribution < 1.29 is 24.6 Å². The molecule has 1 saturated heterocycles. The monoisotopic (exact) mass is 255 g/mol. The van der Waals surface area contributed by atoms with E-state index in [-0.39, 0.29) is 25.4 Å². The number of aliphatic carboxylic acids is 2. The second-order valence-electron chi connectivity index (χ2n) is 4.68. The molecule has 1 rings (SSSR count). The van der Waals surface area contributed by atoms with Crippen LogP contribution in [0.3, 0.4) is 0 Å². The van der Waals surface area contributed by atoms with Crippen LogP contribution in [0.1, 0.15) is 20.3 Å². The Balaban J connectivity index is 2.81. The Labute approximate surface area is 105 Å². The van der Waals surface area contributed by atoms with E-state index in [9.17, 15) is 14.4 Å². The molecule has 2 atom stereocenters. The molecule has 0 aromatic carbocycles. The maximum absolute atomic E-state index is 11.8. The topological polar surface area (TPSA) is 94.9 Å². The number of carboxylic acids is 2. The van der Waals surface area contributed by atoms with Crippen LogP contribution < -0.4 is 0 Å². The Hall–Kier alpha value is -1.85. The summed E-state index contributed by atoms with van der Waals surface area (Å²) in [5.74, 6) is -4.50. The Morgan fingerprint density at radius 1 is 1.11 bits per heavy atom. The summed E-state index contributed by atoms with van der Waals surface area (Å²) in [6, 6.07) is 0. The van der Waals surface area contributed by atoms with Crippen molar-refractivity contribution in [1.82, 2.24) is 4.90 Å². The fourth-order valence-corrected chi connectivity index (χ4v) is 2.04. The Bertz CT molecular complexity index is 397. The summed E-state index contributed by atoms with van der Waals surface area (Å²) in [5.41, 5.74) is 0.826. The number of hydrogen-bond donors (Lipinski definition) is 2. The molecule has 0 aliphatic carbocycles. The third-order valence-electron chi connectivity index (χ3n) is 2.97. The van der Waals surface area contributed by atoms with Crippen molar-refractivity contribution in [2.75, 3.05) is 13.1 Å². The number of likely N-dealkylation sites (tertiary alicyclic amines) is 1. The van der Waals surface area contributed by atoms with E-state index in [1.807, 2.05) is 0 Å². The van der Waals surface area contributed by atoms with Gasteiger partial charge in [0.25, 0.3) is 0 Å². The summed E-state index contributed by atoms with van der Waals surface area (Å²) < 4.78 is 0. The second-order valence-corrected chi connectivity index (χ2v) is 4.68. The van der Waals surface area contributed by atoms with Crippen LogP contribution in [-0.2, 0) is 14.4 Å². The number of carbonyl (C=O) groups excluding carboxylic acids is 1. The zero-order valence-electron chi connectivity index (χ0n) is 10.4. The molecule has 100 valence electrons. The van der Waals surface area contributed by atoms with Gasteiger partial charge < -0.3 is 15.1 Å². The van der Waals surface area contributed by atoms with E-state index in [2.05, 4.69) is 0 Å². The molecule has 6 nitrogen and oxygen atoms in total. The third kappa shape index (κ3) is 3.32. The van der Waals surface area contributed by atoms with Gasteiger partial charge in [-0.05, 0) is 20.3 Å². The van der Waals surface area contributed by atoms with Crippen molar-refractivity contribution in [2.24, 2.45) is 11.8 Å². The SMILES string of the molecule is CC(C)=CC(=O)N1CCC(C(=O)O)C(C(=O)O)C1. The lowest BCUT2D eigenvalue weighted by Crippen LogP contribution is -2.48. The minimum absolute atomic E-state index is 0.0467. The van der Waals surface area contributed by atoms with Crippen LogP contribution in [0.15, 0.2) is 11.6 Å². The summed E-state index contributed by atoms with van der Waals surface area (Å²) in [7, 11) is 0. The third-order valence-corrected chi connectivity index (χ3v) is 2.97. The molecule has 0 bridgehead atoms. The first-order valence-corrected chi connectivity index (χ1v) is 5.72. The van der Waals surface area contributed by atoms with Crippen molar-refractivity contribution in [2.45, 2.75) is 20.3 Å². The summed E-state index contributed by atoms with van der Waals surface area (Å²) in [5, 5.41) is 18.0. The molecule has 0 aromatic heterocycles. The van der Waals surface area contributed by atoms with E-state index in [1.54, 1.807) is 13.8 Å². The van der Waals surface area contributed by atoms with Gasteiger partial charge in [0.1, 0.15) is 0 Å². The zero-order chi connectivity index (χ0) is 13.9. The van der Waals surface area contributed by atoms with Crippen LogP contribution in [-0.4, -0.2) is 46.0 Å². The predicted molar refractivity (Wildman–Crippen MR) is 62.9 cm³/mol. The standard InChI is InChI=1S/C12H17NO5/c1-7(2)5-10(14)13-4-3-8(11(15)16)9(6-13)12(17)18/h5,8-9H,3-4,6H2,1-2H3,(H,15,16)(H,17,18). The summed E-state index contributed by atoms with van der Waals surface area (Å²) in [4.78, 5) is 35.1. The molecule has 0 radical (unpaired) electrons. The van der Waals surface area contributed by atoms with Gasteiger partial charge in [0.05, 0.1) is 11.8 Å². The fourth-order valence-electron chi connectivity index (χ4n) is 2.04. The molecule has 0 saturated carbocycles. The lowest BCUT2D eigenvalue weighted by Gasteiger charge is -2.34. The highest BCUT2D eigenvalue weighted by Gasteiger charge is 2.39. The molecule has 0 aromatic rings.